The van der Waals surface area contributed by atoms with Crippen molar-refractivity contribution in [3.8, 4) is 11.1 Å². The van der Waals surface area contributed by atoms with Crippen molar-refractivity contribution in [1.82, 2.24) is 0 Å². The minimum absolute atomic E-state index is 0. The Morgan fingerprint density at radius 3 is 1.22 bits per heavy atom. The molecule has 60 heavy (non-hydrogen) atoms. The molecule has 0 aromatic heterocycles. The van der Waals surface area contributed by atoms with E-state index in [4.69, 9.17) is 0 Å². The molecule has 0 bridgehead atoms. The van der Waals surface area contributed by atoms with E-state index in [9.17, 15) is 52.7 Å². The summed E-state index contributed by atoms with van der Waals surface area (Å²) in [6.45, 7) is 18.2. The van der Waals surface area contributed by atoms with Crippen LogP contribution in [0.25, 0.3) is 11.1 Å². The van der Waals surface area contributed by atoms with Gasteiger partial charge in [-0.15, -0.1) is 16.7 Å². The van der Waals surface area contributed by atoms with Crippen molar-refractivity contribution in [3.05, 3.63) is 158 Å². The maximum absolute atomic E-state index is 13.0. The van der Waals surface area contributed by atoms with E-state index >= 15 is 0 Å². The second kappa shape index (κ2) is 19.0. The quantitative estimate of drug-likeness (QED) is 0.121. The fraction of sp³-hybridized carbons (Fsp3) is 0.333. The summed E-state index contributed by atoms with van der Waals surface area (Å²) in [5.74, 6) is 0. The van der Waals surface area contributed by atoms with E-state index in [1.807, 2.05) is 30.3 Å². The van der Waals surface area contributed by atoms with Gasteiger partial charge in [0.25, 0.3) is 0 Å². The van der Waals surface area contributed by atoms with Gasteiger partial charge in [-0.2, -0.15) is 35.9 Å². The molecule has 0 saturated carbocycles. The van der Waals surface area contributed by atoms with Gasteiger partial charge in [0, 0.05) is 0 Å². The molecule has 0 radical (unpaired) electrons. The average Bonchev–Trinajstić information content (AvgIpc) is 3.76. The van der Waals surface area contributed by atoms with Crippen LogP contribution < -0.4 is 24.8 Å². The van der Waals surface area contributed by atoms with Crippen LogP contribution >= 0.6 is 0 Å². The van der Waals surface area contributed by atoms with Crippen LogP contribution in [0.2, 0.25) is 0 Å². The summed E-state index contributed by atoms with van der Waals surface area (Å²) >= 11 is -0.00108. The third-order valence-corrected chi connectivity index (χ3v) is 10.8. The number of hydrogen-bond donors (Lipinski definition) is 0. The third-order valence-electron chi connectivity index (χ3n) is 9.39. The molecule has 0 fully saturated rings. The van der Waals surface area contributed by atoms with Gasteiger partial charge in [0.15, 0.2) is 0 Å². The molecule has 15 heteroatoms. The van der Waals surface area contributed by atoms with Crippen LogP contribution in [0.3, 0.4) is 0 Å². The first-order valence-electron chi connectivity index (χ1n) is 17.8. The van der Waals surface area contributed by atoms with Gasteiger partial charge < -0.3 is 24.8 Å². The summed E-state index contributed by atoms with van der Waals surface area (Å²) in [5, 5.41) is 0. The summed E-state index contributed by atoms with van der Waals surface area (Å²) in [7, 11) is 0. The van der Waals surface area contributed by atoms with Gasteiger partial charge in [0.1, 0.15) is 0 Å². The van der Waals surface area contributed by atoms with E-state index in [2.05, 4.69) is 79.7 Å². The summed E-state index contributed by atoms with van der Waals surface area (Å²) in [6.07, 6.45) is -19.9. The predicted octanol–water partition coefficient (Wildman–Crippen LogP) is 8.56. The topological polar surface area (TPSA) is 0 Å². The van der Waals surface area contributed by atoms with Crippen molar-refractivity contribution in [2.45, 2.75) is 97.3 Å². The Morgan fingerprint density at radius 1 is 0.533 bits per heavy atom. The molecule has 0 aliphatic heterocycles. The average molecular weight is 971 g/mol. The summed E-state index contributed by atoms with van der Waals surface area (Å²) < 4.78 is 155. The Hall–Kier alpha value is -3.28. The van der Waals surface area contributed by atoms with Gasteiger partial charge in [0.05, 0.1) is 0 Å². The molecule has 0 atom stereocenters. The molecule has 5 aromatic rings. The van der Waals surface area contributed by atoms with Crippen molar-refractivity contribution >= 4 is 3.21 Å². The first kappa shape index (κ1) is 52.9. The van der Waals surface area contributed by atoms with E-state index in [0.717, 1.165) is 6.42 Å². The molecule has 0 amide bonds. The molecule has 1 aliphatic carbocycles. The molecule has 0 heterocycles. The van der Waals surface area contributed by atoms with E-state index in [0.29, 0.717) is 0 Å². The van der Waals surface area contributed by atoms with Crippen molar-refractivity contribution in [2.24, 2.45) is 0 Å². The van der Waals surface area contributed by atoms with Crippen LogP contribution in [0.1, 0.15) is 108 Å². The SMILES string of the molecule is Cc1[c-]c2c(cc1C(C)(C)C)-c1cc(C(C)(C)C)c(C)cc1C2.FC(F)(F)c1cc([C](=[Zr+2])c2cc(C(F)(F)F)cc(C(F)(F)F)c2)cc(C(F)(F)F)c1.[Cl-].[Cl-].c1cc[cH-]c1. The molecular formula is C45H40Cl2F12Zr-2. The molecule has 0 N–H and O–H groups in total. The number of halogens is 14. The Bertz CT molecular complexity index is 2040. The number of rotatable bonds is 2. The fourth-order valence-corrected chi connectivity index (χ4v) is 7.42. The zero-order chi connectivity index (χ0) is 44.0. The zero-order valence-electron chi connectivity index (χ0n) is 33.6. The monoisotopic (exact) mass is 968 g/mol. The van der Waals surface area contributed by atoms with Crippen LogP contribution in [-0.2, 0) is 66.2 Å². The molecule has 0 spiro atoms. The van der Waals surface area contributed by atoms with Crippen LogP contribution in [0.4, 0.5) is 52.7 Å². The van der Waals surface area contributed by atoms with Gasteiger partial charge in [-0.25, -0.2) is 12.1 Å². The predicted molar refractivity (Wildman–Crippen MR) is 199 cm³/mol. The molecule has 0 nitrogen and oxygen atoms in total. The third kappa shape index (κ3) is 13.1. The van der Waals surface area contributed by atoms with Crippen molar-refractivity contribution < 1.29 is 102 Å². The largest absolute Gasteiger partial charge is 1.00 e. The van der Waals surface area contributed by atoms with Crippen LogP contribution in [0.5, 0.6) is 0 Å². The fourth-order valence-electron chi connectivity index (χ4n) is 6.71. The Balaban J connectivity index is 0.000000366. The molecule has 0 unspecified atom stereocenters. The second-order valence-corrected chi connectivity index (χ2v) is 17.4. The number of alkyl halides is 12. The Morgan fingerprint density at radius 2 is 0.900 bits per heavy atom. The standard InChI is InChI=1S/C23H29.C17H6F12.C5H5.2ClH.Zr/c1-14-9-16-11-17-10-15(2)21(23(6,7)8)13-19(17)18(16)12-20(14)22(3,4)5;18-14(19,20)10-2-8(3-11(6-10)15(21,22)23)1-9-4-12(16(24,25)26)7-13(5-9)17(27,28)29;1-2-4-5-3-1;;;/h9,12-13H,11H2,1-8H3;2-7H;1-5H;2*1H;/q-1;;-1;;;+2/p-2. The molecule has 324 valence electrons. The molecular weight excluding hydrogens is 931 g/mol. The van der Waals surface area contributed by atoms with Gasteiger partial charge in [-0.1, -0.05) is 71.6 Å². The number of aryl methyl sites for hydroxylation is 2. The Kier molecular flexibility index (Phi) is 16.7. The van der Waals surface area contributed by atoms with Crippen molar-refractivity contribution in [3.63, 3.8) is 0 Å². The second-order valence-electron chi connectivity index (χ2n) is 16.1. The normalized spacial score (nSPS) is 12.8. The minimum atomic E-state index is -5.22. The smallest absolute Gasteiger partial charge is 0.172 e. The summed E-state index contributed by atoms with van der Waals surface area (Å²) in [4.78, 5) is 0. The first-order chi connectivity index (χ1) is 26.3. The van der Waals surface area contributed by atoms with E-state index in [1.165, 1.54) is 44.5 Å². The maximum Gasteiger partial charge on any atom is -0.172 e. The summed E-state index contributed by atoms with van der Waals surface area (Å²) in [5.41, 5.74) is 3.07. The molecule has 5 aromatic carbocycles. The summed E-state index contributed by atoms with van der Waals surface area (Å²) in [6, 6.07) is 21.5. The van der Waals surface area contributed by atoms with Gasteiger partial charge in [-0.05, 0) is 35.4 Å². The van der Waals surface area contributed by atoms with Crippen LogP contribution in [0.15, 0.2) is 84.9 Å². The maximum atomic E-state index is 13.0. The van der Waals surface area contributed by atoms with Crippen molar-refractivity contribution in [1.29, 1.82) is 0 Å². The molecule has 0 saturated heterocycles. The van der Waals surface area contributed by atoms with Gasteiger partial charge in [0.2, 0.25) is 0 Å². The minimum Gasteiger partial charge on any atom is -1.00 e. The van der Waals surface area contributed by atoms with Crippen LogP contribution in [0, 0.1) is 19.9 Å². The van der Waals surface area contributed by atoms with Crippen LogP contribution in [-0.4, -0.2) is 3.21 Å². The van der Waals surface area contributed by atoms with Gasteiger partial charge in [-0.3, -0.25) is 0 Å². The van der Waals surface area contributed by atoms with E-state index in [1.54, 1.807) is 0 Å². The van der Waals surface area contributed by atoms with Gasteiger partial charge >= 0.3 is 175 Å². The first-order valence-corrected chi connectivity index (χ1v) is 19.1. The number of benzene rings is 4. The molecule has 1 aliphatic rings. The molecule has 6 rings (SSSR count). The Labute approximate surface area is 369 Å². The number of hydrogen-bond acceptors (Lipinski definition) is 0. The zero-order valence-corrected chi connectivity index (χ0v) is 37.6. The van der Waals surface area contributed by atoms with E-state index in [-0.39, 0.29) is 96.3 Å². The number of fused-ring (bicyclic) bond motifs is 3. The van der Waals surface area contributed by atoms with E-state index < -0.39 is 61.3 Å². The van der Waals surface area contributed by atoms with Crippen molar-refractivity contribution in [2.75, 3.05) is 0 Å².